The molecule has 0 bridgehead atoms. The molecule has 0 radical (unpaired) electrons. The van der Waals surface area contributed by atoms with Gasteiger partial charge >= 0.3 is 6.09 Å². The summed E-state index contributed by atoms with van der Waals surface area (Å²) in [5.74, 6) is -4.66. The van der Waals surface area contributed by atoms with E-state index < -0.39 is 63.3 Å². The van der Waals surface area contributed by atoms with Crippen molar-refractivity contribution in [2.24, 2.45) is 13.0 Å². The van der Waals surface area contributed by atoms with Crippen LogP contribution in [0.15, 0.2) is 41.3 Å². The van der Waals surface area contributed by atoms with E-state index in [0.717, 1.165) is 49.8 Å². The minimum atomic E-state index is -3.99. The molecule has 2 aliphatic rings. The van der Waals surface area contributed by atoms with Crippen LogP contribution in [0.5, 0.6) is 0 Å². The lowest BCUT2D eigenvalue weighted by Crippen LogP contribution is -2.60. The number of rotatable bonds is 15. The van der Waals surface area contributed by atoms with E-state index in [9.17, 15) is 41.2 Å². The molecule has 1 saturated heterocycles. The quantitative estimate of drug-likeness (QED) is 0.162. The first-order chi connectivity index (χ1) is 29.2. The highest BCUT2D eigenvalue weighted by molar-refractivity contribution is 7.86. The number of halogens is 2. The Labute approximate surface area is 361 Å². The average molecular weight is 889 g/mol. The Balaban J connectivity index is 1.23. The van der Waals surface area contributed by atoms with Crippen molar-refractivity contribution in [1.82, 2.24) is 29.9 Å². The first-order valence-corrected chi connectivity index (χ1v) is 22.2. The zero-order chi connectivity index (χ0) is 45.5. The van der Waals surface area contributed by atoms with Gasteiger partial charge in [0.25, 0.3) is 21.9 Å². The number of amides is 5. The zero-order valence-corrected chi connectivity index (χ0v) is 37.2. The molecule has 62 heavy (non-hydrogen) atoms. The molecule has 2 fully saturated rings. The summed E-state index contributed by atoms with van der Waals surface area (Å²) in [6.07, 6.45) is 3.61. The van der Waals surface area contributed by atoms with E-state index in [1.165, 1.54) is 40.6 Å². The molecule has 19 heteroatoms. The molecular formula is C43H58F2N6O10S. The number of ether oxygens (including phenoxy) is 2. The number of benzene rings is 2. The summed E-state index contributed by atoms with van der Waals surface area (Å²) >= 11 is 0. The Hall–Kier alpha value is -5.14. The van der Waals surface area contributed by atoms with Crippen LogP contribution in [-0.4, -0.2) is 135 Å². The lowest BCUT2D eigenvalue weighted by atomic mass is 9.83. The number of carbonyl (C=O) groups excluding carboxylic acids is 5. The fourth-order valence-electron chi connectivity index (χ4n) is 7.58. The van der Waals surface area contributed by atoms with Crippen LogP contribution in [0, 0.1) is 24.5 Å². The molecule has 1 aromatic heterocycles. The molecular weight excluding hydrogens is 831 g/mol. The highest BCUT2D eigenvalue weighted by Crippen LogP contribution is 2.31. The number of hydrogen-bond donors (Lipinski definition) is 2. The molecule has 2 atom stereocenters. The second-order valence-corrected chi connectivity index (χ2v) is 18.4. The van der Waals surface area contributed by atoms with E-state index >= 15 is 0 Å². The van der Waals surface area contributed by atoms with Crippen LogP contribution < -0.4 is 10.6 Å². The predicted molar refractivity (Wildman–Crippen MR) is 225 cm³/mol. The summed E-state index contributed by atoms with van der Waals surface area (Å²) in [6.45, 7) is 8.37. The molecule has 2 N–H and O–H groups in total. The van der Waals surface area contributed by atoms with Crippen molar-refractivity contribution in [2.75, 3.05) is 59.6 Å². The number of nitrogens with one attached hydrogen (secondary N) is 2. The van der Waals surface area contributed by atoms with Gasteiger partial charge in [0, 0.05) is 58.3 Å². The molecule has 5 amide bonds. The maximum atomic E-state index is 14.6. The summed E-state index contributed by atoms with van der Waals surface area (Å²) in [5.41, 5.74) is -0.0707. The molecule has 2 heterocycles. The van der Waals surface area contributed by atoms with Gasteiger partial charge in [-0.25, -0.2) is 13.6 Å². The number of aromatic nitrogens is 1. The van der Waals surface area contributed by atoms with E-state index in [0.29, 0.717) is 0 Å². The maximum absolute atomic E-state index is 14.6. The first-order valence-electron chi connectivity index (χ1n) is 20.8. The van der Waals surface area contributed by atoms with Crippen LogP contribution in [0.3, 0.4) is 0 Å². The normalized spacial score (nSPS) is 16.1. The lowest BCUT2D eigenvalue weighted by molar-refractivity contribution is -0.140. The van der Waals surface area contributed by atoms with Gasteiger partial charge in [-0.05, 0) is 71.6 Å². The molecule has 1 aliphatic heterocycles. The van der Waals surface area contributed by atoms with Crippen molar-refractivity contribution in [3.8, 4) is 0 Å². The molecule has 2 aromatic carbocycles. The van der Waals surface area contributed by atoms with Crippen LogP contribution >= 0.6 is 0 Å². The third-order valence-corrected chi connectivity index (χ3v) is 12.5. The zero-order valence-electron chi connectivity index (χ0n) is 36.4. The van der Waals surface area contributed by atoms with Crippen molar-refractivity contribution in [3.63, 3.8) is 0 Å². The van der Waals surface area contributed by atoms with Gasteiger partial charge in [0.1, 0.15) is 23.4 Å². The third-order valence-electron chi connectivity index (χ3n) is 11.2. The molecule has 3 aromatic rings. The number of carbonyl (C=O) groups is 5. The lowest BCUT2D eigenvalue weighted by Gasteiger charge is -2.39. The number of hydrogen-bond acceptors (Lipinski definition) is 10. The van der Waals surface area contributed by atoms with Crippen LogP contribution in [0.4, 0.5) is 13.6 Å². The largest absolute Gasteiger partial charge is 0.444 e. The Kier molecular flexibility index (Phi) is 15.7. The molecule has 1 aliphatic carbocycles. The van der Waals surface area contributed by atoms with E-state index in [2.05, 4.69) is 10.6 Å². The number of piperazine rings is 1. The summed E-state index contributed by atoms with van der Waals surface area (Å²) in [6, 6.07) is 6.15. The van der Waals surface area contributed by atoms with Crippen LogP contribution in [0.1, 0.15) is 86.2 Å². The Morgan fingerprint density at radius 3 is 2.15 bits per heavy atom. The maximum Gasteiger partial charge on any atom is 0.410 e. The highest BCUT2D eigenvalue weighted by atomic mass is 32.2. The molecule has 5 rings (SSSR count). The van der Waals surface area contributed by atoms with Gasteiger partial charge in [-0.2, -0.15) is 8.42 Å². The van der Waals surface area contributed by atoms with Crippen molar-refractivity contribution < 1.29 is 54.8 Å². The SMILES string of the molecule is Cc1ccc(S(=O)(=O)OCCOCCNC(=O)c2c(C(=O)N3CCN(C(=O)[C@@H](NC(=O)[C@H](C)N(C)C(=O)OC(C)(C)C)C4CCCCC4)CC3)n(C)c3cc(F)c(F)cc23)cc1. The molecule has 16 nitrogen and oxygen atoms in total. The topological polar surface area (TPSA) is 186 Å². The number of nitrogens with zero attached hydrogens (tertiary/aromatic N) is 4. The van der Waals surface area contributed by atoms with Crippen LogP contribution in [0.25, 0.3) is 10.9 Å². The fraction of sp³-hybridized carbons (Fsp3) is 0.558. The van der Waals surface area contributed by atoms with Gasteiger partial charge in [-0.15, -0.1) is 0 Å². The molecule has 1 saturated carbocycles. The highest BCUT2D eigenvalue weighted by Gasteiger charge is 2.39. The summed E-state index contributed by atoms with van der Waals surface area (Å²) in [4.78, 5) is 72.7. The van der Waals surface area contributed by atoms with Gasteiger partial charge in [0.2, 0.25) is 11.8 Å². The van der Waals surface area contributed by atoms with Crippen molar-refractivity contribution >= 4 is 50.7 Å². The monoisotopic (exact) mass is 888 g/mol. The Bertz CT molecular complexity index is 2230. The number of aryl methyl sites for hydroxylation is 2. The van der Waals surface area contributed by atoms with Gasteiger partial charge in [0.05, 0.1) is 35.8 Å². The minimum absolute atomic E-state index is 0.00375. The van der Waals surface area contributed by atoms with Crippen LogP contribution in [-0.2, 0) is 40.4 Å². The van der Waals surface area contributed by atoms with E-state index in [1.54, 1.807) is 44.7 Å². The Morgan fingerprint density at radius 2 is 1.52 bits per heavy atom. The first kappa shape index (κ1) is 47.9. The van der Waals surface area contributed by atoms with E-state index in [4.69, 9.17) is 13.7 Å². The number of fused-ring (bicyclic) bond motifs is 1. The number of likely N-dealkylation sites (N-methyl/N-ethyl adjacent to an activating group) is 1. The molecule has 340 valence electrons. The third kappa shape index (κ3) is 11.7. The molecule has 0 spiro atoms. The molecule has 0 unspecified atom stereocenters. The average Bonchev–Trinajstić information content (AvgIpc) is 3.51. The van der Waals surface area contributed by atoms with Gasteiger partial charge in [-0.3, -0.25) is 28.3 Å². The fourth-order valence-corrected chi connectivity index (χ4v) is 8.47. The second kappa shape index (κ2) is 20.4. The smallest absolute Gasteiger partial charge is 0.410 e. The van der Waals surface area contributed by atoms with Crippen LogP contribution in [0.2, 0.25) is 0 Å². The predicted octanol–water partition coefficient (Wildman–Crippen LogP) is 4.52. The van der Waals surface area contributed by atoms with Gasteiger partial charge in [-0.1, -0.05) is 37.0 Å². The standard InChI is InChI=1S/C43H58F2N6O10S/c1-27-13-15-30(16-14-27)62(57,58)60-24-23-59-22-17-46-39(53)35-31-25-32(44)33(45)26-34(31)49(7)37(35)41(55)51-20-18-50(19-21-51)40(54)36(29-11-9-8-10-12-29)47-38(52)28(2)48(6)42(56)61-43(3,4)5/h13-16,25-26,28-29,36H,8-12,17-24H2,1-7H3,(H,46,53)(H,47,52)/t28-,36-/m0/s1. The second-order valence-electron chi connectivity index (χ2n) is 16.8. The summed E-state index contributed by atoms with van der Waals surface area (Å²) in [5, 5.41) is 5.59. The van der Waals surface area contributed by atoms with Crippen molar-refractivity contribution in [1.29, 1.82) is 0 Å². The van der Waals surface area contributed by atoms with E-state index in [-0.39, 0.29) is 91.4 Å². The van der Waals surface area contributed by atoms with Crippen molar-refractivity contribution in [2.45, 2.75) is 89.3 Å². The van der Waals surface area contributed by atoms with Crippen molar-refractivity contribution in [3.05, 3.63) is 64.9 Å². The minimum Gasteiger partial charge on any atom is -0.444 e. The van der Waals surface area contributed by atoms with Gasteiger partial charge < -0.3 is 34.5 Å². The summed E-state index contributed by atoms with van der Waals surface area (Å²) in [7, 11) is -1.07. The Morgan fingerprint density at radius 1 is 0.903 bits per heavy atom. The summed E-state index contributed by atoms with van der Waals surface area (Å²) < 4.78 is 71.2. The van der Waals surface area contributed by atoms with Gasteiger partial charge in [0.15, 0.2) is 11.6 Å². The van der Waals surface area contributed by atoms with E-state index in [1.807, 2.05) is 6.92 Å².